The molecule has 0 amide bonds. The molecule has 2 atom stereocenters. The van der Waals surface area contributed by atoms with E-state index in [2.05, 4.69) is 30.1 Å². The van der Waals surface area contributed by atoms with Crippen LogP contribution in [-0.2, 0) is 0 Å². The Kier molecular flexibility index (Phi) is 5.86. The summed E-state index contributed by atoms with van der Waals surface area (Å²) >= 11 is 0. The fraction of sp³-hybridized carbons (Fsp3) is 0.941. The summed E-state index contributed by atoms with van der Waals surface area (Å²) in [6, 6.07) is 3.29. The molecular formula is C17H31N3. The van der Waals surface area contributed by atoms with Gasteiger partial charge in [-0.1, -0.05) is 26.7 Å². The lowest BCUT2D eigenvalue weighted by molar-refractivity contribution is 0.226. The molecule has 0 aliphatic heterocycles. The van der Waals surface area contributed by atoms with Crippen LogP contribution >= 0.6 is 0 Å². The molecule has 2 rings (SSSR count). The third-order valence-electron chi connectivity index (χ3n) is 5.13. The van der Waals surface area contributed by atoms with E-state index >= 15 is 0 Å². The highest BCUT2D eigenvalue weighted by Gasteiger charge is 2.45. The Hall–Kier alpha value is -0.590. The van der Waals surface area contributed by atoms with Gasteiger partial charge in [0.2, 0.25) is 0 Å². The van der Waals surface area contributed by atoms with Gasteiger partial charge < -0.3 is 4.90 Å². The molecule has 0 saturated heterocycles. The van der Waals surface area contributed by atoms with Crippen molar-refractivity contribution in [2.45, 2.75) is 76.8 Å². The molecule has 114 valence electrons. The van der Waals surface area contributed by atoms with Crippen LogP contribution < -0.4 is 5.32 Å². The van der Waals surface area contributed by atoms with E-state index in [-0.39, 0.29) is 5.54 Å². The quantitative estimate of drug-likeness (QED) is 0.703. The highest BCUT2D eigenvalue weighted by atomic mass is 15.1. The zero-order valence-electron chi connectivity index (χ0n) is 13.3. The smallest absolute Gasteiger partial charge is 0.109 e. The van der Waals surface area contributed by atoms with Crippen molar-refractivity contribution in [1.82, 2.24) is 10.2 Å². The van der Waals surface area contributed by atoms with Gasteiger partial charge in [-0.05, 0) is 64.1 Å². The van der Waals surface area contributed by atoms with Crippen molar-refractivity contribution in [3.8, 4) is 6.07 Å². The predicted octanol–water partition coefficient (Wildman–Crippen LogP) is 3.31. The molecule has 2 aliphatic carbocycles. The fourth-order valence-corrected chi connectivity index (χ4v) is 3.58. The molecule has 0 spiro atoms. The summed E-state index contributed by atoms with van der Waals surface area (Å²) in [6.45, 7) is 8.03. The highest BCUT2D eigenvalue weighted by molar-refractivity contribution is 5.16. The first kappa shape index (κ1) is 15.8. The monoisotopic (exact) mass is 277 g/mol. The lowest BCUT2D eigenvalue weighted by Gasteiger charge is -2.32. The van der Waals surface area contributed by atoms with E-state index in [1.165, 1.54) is 51.5 Å². The van der Waals surface area contributed by atoms with Crippen molar-refractivity contribution < 1.29 is 0 Å². The van der Waals surface area contributed by atoms with E-state index in [0.29, 0.717) is 12.0 Å². The molecular weight excluding hydrogens is 246 g/mol. The minimum Gasteiger partial charge on any atom is -0.304 e. The van der Waals surface area contributed by atoms with E-state index in [1.807, 2.05) is 0 Å². The van der Waals surface area contributed by atoms with Crippen LogP contribution in [0.15, 0.2) is 0 Å². The van der Waals surface area contributed by atoms with Gasteiger partial charge in [-0.3, -0.25) is 5.32 Å². The van der Waals surface area contributed by atoms with Crippen LogP contribution in [0.5, 0.6) is 0 Å². The number of unbranched alkanes of at least 4 members (excludes halogenated alkanes) is 1. The molecule has 0 bridgehead atoms. The first-order valence-electron chi connectivity index (χ1n) is 8.65. The normalized spacial score (nSPS) is 29.8. The van der Waals surface area contributed by atoms with Crippen molar-refractivity contribution in [2.24, 2.45) is 5.92 Å². The average molecular weight is 277 g/mol. The standard InChI is InChI=1S/C17H31N3/c1-3-5-12-20(4-2)13-10-15-7-6-11-17(15,14-18)19-16-8-9-16/h15-16,19H,3-13H2,1-2H3. The van der Waals surface area contributed by atoms with Crippen LogP contribution in [0.3, 0.4) is 0 Å². The molecule has 2 unspecified atom stereocenters. The molecule has 0 aromatic carbocycles. The fourth-order valence-electron chi connectivity index (χ4n) is 3.58. The van der Waals surface area contributed by atoms with Gasteiger partial charge in [-0.25, -0.2) is 0 Å². The van der Waals surface area contributed by atoms with Crippen molar-refractivity contribution in [1.29, 1.82) is 5.26 Å². The van der Waals surface area contributed by atoms with Crippen molar-refractivity contribution in [3.05, 3.63) is 0 Å². The van der Waals surface area contributed by atoms with E-state index in [0.717, 1.165) is 19.5 Å². The maximum atomic E-state index is 9.70. The third kappa shape index (κ3) is 3.96. The zero-order chi connectivity index (χ0) is 14.4. The summed E-state index contributed by atoms with van der Waals surface area (Å²) in [7, 11) is 0. The van der Waals surface area contributed by atoms with Crippen LogP contribution in [0, 0.1) is 17.2 Å². The number of hydrogen-bond donors (Lipinski definition) is 1. The Balaban J connectivity index is 1.84. The maximum Gasteiger partial charge on any atom is 0.109 e. The van der Waals surface area contributed by atoms with Gasteiger partial charge in [0.15, 0.2) is 0 Å². The van der Waals surface area contributed by atoms with E-state index in [4.69, 9.17) is 0 Å². The van der Waals surface area contributed by atoms with Gasteiger partial charge in [0.1, 0.15) is 5.54 Å². The van der Waals surface area contributed by atoms with Crippen LogP contribution in [0.25, 0.3) is 0 Å². The van der Waals surface area contributed by atoms with Gasteiger partial charge in [0, 0.05) is 6.04 Å². The Morgan fingerprint density at radius 3 is 2.65 bits per heavy atom. The molecule has 0 heterocycles. The Labute approximate surface area is 124 Å². The Morgan fingerprint density at radius 1 is 1.25 bits per heavy atom. The van der Waals surface area contributed by atoms with Crippen LogP contribution in [0.1, 0.15) is 65.2 Å². The molecule has 1 N–H and O–H groups in total. The molecule has 2 fully saturated rings. The van der Waals surface area contributed by atoms with Crippen molar-refractivity contribution in [3.63, 3.8) is 0 Å². The zero-order valence-corrected chi connectivity index (χ0v) is 13.3. The van der Waals surface area contributed by atoms with Crippen molar-refractivity contribution >= 4 is 0 Å². The SMILES string of the molecule is CCCCN(CC)CCC1CCCC1(C#N)NC1CC1. The number of rotatable bonds is 9. The van der Waals surface area contributed by atoms with E-state index < -0.39 is 0 Å². The first-order chi connectivity index (χ1) is 9.74. The Morgan fingerprint density at radius 2 is 2.05 bits per heavy atom. The van der Waals surface area contributed by atoms with Gasteiger partial charge in [0.05, 0.1) is 6.07 Å². The summed E-state index contributed by atoms with van der Waals surface area (Å²) in [5.41, 5.74) is -0.203. The van der Waals surface area contributed by atoms with Crippen LogP contribution in [0.2, 0.25) is 0 Å². The minimum absolute atomic E-state index is 0.203. The number of nitrogens with one attached hydrogen (secondary N) is 1. The van der Waals surface area contributed by atoms with Crippen molar-refractivity contribution in [2.75, 3.05) is 19.6 Å². The molecule has 3 heteroatoms. The molecule has 20 heavy (non-hydrogen) atoms. The number of nitriles is 1. The summed E-state index contributed by atoms with van der Waals surface area (Å²) in [5.74, 6) is 0.559. The second-order valence-electron chi connectivity index (χ2n) is 6.67. The van der Waals surface area contributed by atoms with Gasteiger partial charge in [-0.15, -0.1) is 0 Å². The second kappa shape index (κ2) is 7.43. The average Bonchev–Trinajstić information content (AvgIpc) is 3.19. The van der Waals surface area contributed by atoms with Gasteiger partial charge in [0.25, 0.3) is 0 Å². The molecule has 0 radical (unpaired) electrons. The molecule has 3 nitrogen and oxygen atoms in total. The minimum atomic E-state index is -0.203. The van der Waals surface area contributed by atoms with Gasteiger partial charge in [-0.2, -0.15) is 5.26 Å². The largest absolute Gasteiger partial charge is 0.304 e. The lowest BCUT2D eigenvalue weighted by atomic mass is 9.85. The second-order valence-corrected chi connectivity index (χ2v) is 6.67. The highest BCUT2D eigenvalue weighted by Crippen LogP contribution is 2.40. The summed E-state index contributed by atoms with van der Waals surface area (Å²) in [6.07, 6.45) is 9.81. The summed E-state index contributed by atoms with van der Waals surface area (Å²) in [5, 5.41) is 13.4. The Bertz CT molecular complexity index is 332. The molecule has 2 aliphatic rings. The maximum absolute atomic E-state index is 9.70. The number of hydrogen-bond acceptors (Lipinski definition) is 3. The van der Waals surface area contributed by atoms with E-state index in [1.54, 1.807) is 0 Å². The molecule has 0 aromatic heterocycles. The summed E-state index contributed by atoms with van der Waals surface area (Å²) < 4.78 is 0. The number of nitrogens with zero attached hydrogens (tertiary/aromatic N) is 2. The van der Waals surface area contributed by atoms with Gasteiger partial charge >= 0.3 is 0 Å². The third-order valence-corrected chi connectivity index (χ3v) is 5.13. The van der Waals surface area contributed by atoms with Crippen LogP contribution in [-0.4, -0.2) is 36.1 Å². The topological polar surface area (TPSA) is 39.1 Å². The molecule has 0 aromatic rings. The summed E-state index contributed by atoms with van der Waals surface area (Å²) in [4.78, 5) is 2.56. The molecule has 2 saturated carbocycles. The lowest BCUT2D eigenvalue weighted by Crippen LogP contribution is -2.49. The first-order valence-corrected chi connectivity index (χ1v) is 8.65. The predicted molar refractivity (Wildman–Crippen MR) is 83.5 cm³/mol. The van der Waals surface area contributed by atoms with E-state index in [9.17, 15) is 5.26 Å². The van der Waals surface area contributed by atoms with Crippen LogP contribution in [0.4, 0.5) is 0 Å².